The van der Waals surface area contributed by atoms with Gasteiger partial charge >= 0.3 is 0 Å². The highest BCUT2D eigenvalue weighted by Crippen LogP contribution is 2.24. The summed E-state index contributed by atoms with van der Waals surface area (Å²) in [4.78, 5) is 0. The Bertz CT molecular complexity index is 367. The van der Waals surface area contributed by atoms with Crippen LogP contribution >= 0.6 is 0 Å². The SMILES string of the molecule is CC(C)CNCc1ccc(COCC2CCCCC2)o1. The van der Waals surface area contributed by atoms with E-state index < -0.39 is 0 Å². The molecule has 0 unspecified atom stereocenters. The van der Waals surface area contributed by atoms with Crippen molar-refractivity contribution in [1.82, 2.24) is 5.32 Å². The minimum Gasteiger partial charge on any atom is -0.462 e. The van der Waals surface area contributed by atoms with E-state index in [0.29, 0.717) is 12.5 Å². The number of furan rings is 1. The lowest BCUT2D eigenvalue weighted by Crippen LogP contribution is -2.18. The molecule has 1 aliphatic carbocycles. The van der Waals surface area contributed by atoms with E-state index in [1.165, 1.54) is 32.1 Å². The van der Waals surface area contributed by atoms with E-state index in [9.17, 15) is 0 Å². The summed E-state index contributed by atoms with van der Waals surface area (Å²) >= 11 is 0. The van der Waals surface area contributed by atoms with Gasteiger partial charge in [0.1, 0.15) is 18.1 Å². The normalized spacial score (nSPS) is 16.9. The maximum Gasteiger partial charge on any atom is 0.129 e. The number of hydrogen-bond acceptors (Lipinski definition) is 3. The summed E-state index contributed by atoms with van der Waals surface area (Å²) in [5.41, 5.74) is 0. The summed E-state index contributed by atoms with van der Waals surface area (Å²) in [6.07, 6.45) is 6.83. The monoisotopic (exact) mass is 279 g/mol. The predicted octanol–water partition coefficient (Wildman–Crippen LogP) is 4.12. The van der Waals surface area contributed by atoms with Crippen LogP contribution in [0.15, 0.2) is 16.5 Å². The van der Waals surface area contributed by atoms with Crippen LogP contribution in [0.2, 0.25) is 0 Å². The standard InChI is InChI=1S/C17H29NO2/c1-14(2)10-18-11-16-8-9-17(20-16)13-19-12-15-6-4-3-5-7-15/h8-9,14-15,18H,3-7,10-13H2,1-2H3. The number of rotatable bonds is 8. The second-order valence-electron chi connectivity index (χ2n) is 6.41. The zero-order valence-corrected chi connectivity index (χ0v) is 13.0. The van der Waals surface area contributed by atoms with Crippen LogP contribution in [-0.2, 0) is 17.9 Å². The molecular weight excluding hydrogens is 250 g/mol. The van der Waals surface area contributed by atoms with Gasteiger partial charge in [-0.3, -0.25) is 0 Å². The number of hydrogen-bond donors (Lipinski definition) is 1. The van der Waals surface area contributed by atoms with Crippen molar-refractivity contribution >= 4 is 0 Å². The van der Waals surface area contributed by atoms with Crippen molar-refractivity contribution in [3.63, 3.8) is 0 Å². The second-order valence-corrected chi connectivity index (χ2v) is 6.41. The Hall–Kier alpha value is -0.800. The Morgan fingerprint density at radius 1 is 1.20 bits per heavy atom. The maximum absolute atomic E-state index is 5.80. The summed E-state index contributed by atoms with van der Waals surface area (Å²) in [5, 5.41) is 3.39. The third-order valence-corrected chi connectivity index (χ3v) is 3.89. The molecule has 1 saturated carbocycles. The van der Waals surface area contributed by atoms with E-state index in [1.54, 1.807) is 0 Å². The number of nitrogens with one attached hydrogen (secondary N) is 1. The van der Waals surface area contributed by atoms with E-state index in [2.05, 4.69) is 19.2 Å². The topological polar surface area (TPSA) is 34.4 Å². The Morgan fingerprint density at radius 3 is 2.70 bits per heavy atom. The predicted molar refractivity (Wildman–Crippen MR) is 81.5 cm³/mol. The molecule has 1 aromatic rings. The molecule has 1 heterocycles. The molecule has 0 aliphatic heterocycles. The van der Waals surface area contributed by atoms with E-state index in [1.807, 2.05) is 12.1 Å². The fourth-order valence-electron chi connectivity index (χ4n) is 2.76. The van der Waals surface area contributed by atoms with Crippen molar-refractivity contribution in [2.75, 3.05) is 13.2 Å². The summed E-state index contributed by atoms with van der Waals surface area (Å²) < 4.78 is 11.6. The van der Waals surface area contributed by atoms with Gasteiger partial charge in [0.25, 0.3) is 0 Å². The molecule has 0 saturated heterocycles. The molecule has 0 amide bonds. The van der Waals surface area contributed by atoms with Gasteiger partial charge < -0.3 is 14.5 Å². The lowest BCUT2D eigenvalue weighted by molar-refractivity contribution is 0.0631. The van der Waals surface area contributed by atoms with Crippen LogP contribution in [0.1, 0.15) is 57.5 Å². The summed E-state index contributed by atoms with van der Waals surface area (Å²) in [7, 11) is 0. The highest BCUT2D eigenvalue weighted by Gasteiger charge is 2.13. The molecule has 0 radical (unpaired) electrons. The molecule has 2 rings (SSSR count). The zero-order valence-electron chi connectivity index (χ0n) is 13.0. The Labute approximate surface area is 123 Å². The second kappa shape index (κ2) is 8.48. The minimum atomic E-state index is 0.612. The minimum absolute atomic E-state index is 0.612. The summed E-state index contributed by atoms with van der Waals surface area (Å²) in [5.74, 6) is 3.39. The van der Waals surface area contributed by atoms with E-state index in [0.717, 1.165) is 37.1 Å². The van der Waals surface area contributed by atoms with E-state index in [4.69, 9.17) is 9.15 Å². The van der Waals surface area contributed by atoms with Crippen LogP contribution in [0.3, 0.4) is 0 Å². The number of ether oxygens (including phenoxy) is 1. The third kappa shape index (κ3) is 5.68. The molecule has 114 valence electrons. The molecule has 0 bridgehead atoms. The lowest BCUT2D eigenvalue weighted by Gasteiger charge is -2.20. The van der Waals surface area contributed by atoms with Gasteiger partial charge in [-0.15, -0.1) is 0 Å². The first-order valence-electron chi connectivity index (χ1n) is 8.10. The molecular formula is C17H29NO2. The summed E-state index contributed by atoms with van der Waals surface area (Å²) in [6.45, 7) is 7.75. The van der Waals surface area contributed by atoms with Crippen molar-refractivity contribution in [1.29, 1.82) is 0 Å². The average Bonchev–Trinajstić information content (AvgIpc) is 2.87. The quantitative estimate of drug-likeness (QED) is 0.777. The molecule has 0 aromatic carbocycles. The van der Waals surface area contributed by atoms with Gasteiger partial charge in [0, 0.05) is 6.61 Å². The van der Waals surface area contributed by atoms with E-state index in [-0.39, 0.29) is 0 Å². The van der Waals surface area contributed by atoms with Crippen LogP contribution < -0.4 is 5.32 Å². The zero-order chi connectivity index (χ0) is 14.2. The molecule has 20 heavy (non-hydrogen) atoms. The average molecular weight is 279 g/mol. The molecule has 3 nitrogen and oxygen atoms in total. The van der Waals surface area contributed by atoms with Crippen LogP contribution in [0.5, 0.6) is 0 Å². The highest BCUT2D eigenvalue weighted by molar-refractivity contribution is 5.06. The Morgan fingerprint density at radius 2 is 1.95 bits per heavy atom. The van der Waals surface area contributed by atoms with E-state index >= 15 is 0 Å². The molecule has 1 aliphatic rings. The maximum atomic E-state index is 5.80. The van der Waals surface area contributed by atoms with Gasteiger partial charge in [-0.1, -0.05) is 33.1 Å². The third-order valence-electron chi connectivity index (χ3n) is 3.89. The lowest BCUT2D eigenvalue weighted by atomic mass is 9.90. The van der Waals surface area contributed by atoms with Crippen LogP contribution in [0, 0.1) is 11.8 Å². The first-order chi connectivity index (χ1) is 9.74. The van der Waals surface area contributed by atoms with Crippen LogP contribution in [0.4, 0.5) is 0 Å². The van der Waals surface area contributed by atoms with Crippen LogP contribution in [0.25, 0.3) is 0 Å². The van der Waals surface area contributed by atoms with Gasteiger partial charge in [0.15, 0.2) is 0 Å². The van der Waals surface area contributed by atoms with Crippen molar-refractivity contribution in [2.24, 2.45) is 11.8 Å². The van der Waals surface area contributed by atoms with Gasteiger partial charge in [0.2, 0.25) is 0 Å². The summed E-state index contributed by atoms with van der Waals surface area (Å²) in [6, 6.07) is 4.08. The molecule has 3 heteroatoms. The van der Waals surface area contributed by atoms with Gasteiger partial charge in [-0.2, -0.15) is 0 Å². The fraction of sp³-hybridized carbons (Fsp3) is 0.765. The smallest absolute Gasteiger partial charge is 0.129 e. The van der Waals surface area contributed by atoms with Gasteiger partial charge in [-0.25, -0.2) is 0 Å². The first kappa shape index (κ1) is 15.6. The Balaban J connectivity index is 1.62. The molecule has 1 N–H and O–H groups in total. The van der Waals surface area contributed by atoms with Gasteiger partial charge in [-0.05, 0) is 43.4 Å². The Kier molecular flexibility index (Phi) is 6.61. The molecule has 1 fully saturated rings. The van der Waals surface area contributed by atoms with Crippen molar-refractivity contribution in [3.05, 3.63) is 23.7 Å². The molecule has 0 atom stereocenters. The highest BCUT2D eigenvalue weighted by atomic mass is 16.5. The largest absolute Gasteiger partial charge is 0.462 e. The first-order valence-corrected chi connectivity index (χ1v) is 8.10. The van der Waals surface area contributed by atoms with Crippen LogP contribution in [-0.4, -0.2) is 13.2 Å². The fourth-order valence-corrected chi connectivity index (χ4v) is 2.76. The van der Waals surface area contributed by atoms with Gasteiger partial charge in [0.05, 0.1) is 6.54 Å². The van der Waals surface area contributed by atoms with Crippen molar-refractivity contribution in [2.45, 2.75) is 59.1 Å². The molecule has 1 aromatic heterocycles. The van der Waals surface area contributed by atoms with Crippen molar-refractivity contribution in [3.8, 4) is 0 Å². The molecule has 0 spiro atoms. The van der Waals surface area contributed by atoms with Crippen molar-refractivity contribution < 1.29 is 9.15 Å².